The largest absolute Gasteiger partial charge is 0.436 e. The topological polar surface area (TPSA) is 41.8 Å². The molecule has 1 aliphatic rings. The molecule has 1 amide bonds. The fourth-order valence-corrected chi connectivity index (χ4v) is 1.36. The van der Waals surface area contributed by atoms with E-state index in [1.54, 1.807) is 18.2 Å². The Hall–Kier alpha value is -1.98. The van der Waals surface area contributed by atoms with Gasteiger partial charge in [-0.05, 0) is 5.56 Å². The summed E-state index contributed by atoms with van der Waals surface area (Å²) in [6, 6.07) is 7.56. The van der Waals surface area contributed by atoms with Crippen LogP contribution < -0.4 is 0 Å². The molecule has 0 fully saturated rings. The van der Waals surface area contributed by atoms with E-state index in [0.717, 1.165) is 0 Å². The summed E-state index contributed by atoms with van der Waals surface area (Å²) in [7, 11) is 0. The zero-order chi connectivity index (χ0) is 11.8. The van der Waals surface area contributed by atoms with E-state index in [1.807, 2.05) is 0 Å². The molecular formula is C10H5F3N2O. The Balaban J connectivity index is 2.58. The van der Waals surface area contributed by atoms with Crippen LogP contribution in [0.25, 0.3) is 5.57 Å². The van der Waals surface area contributed by atoms with E-state index >= 15 is 0 Å². The lowest BCUT2D eigenvalue weighted by atomic mass is 10.0. The molecule has 0 atom stereocenters. The van der Waals surface area contributed by atoms with Crippen LogP contribution in [0.2, 0.25) is 0 Å². The number of carbonyl (C=O) groups excluding carboxylic acids is 1. The Bertz CT molecular complexity index is 489. The Morgan fingerprint density at radius 3 is 2.19 bits per heavy atom. The van der Waals surface area contributed by atoms with Gasteiger partial charge < -0.3 is 0 Å². The molecule has 0 saturated carbocycles. The summed E-state index contributed by atoms with van der Waals surface area (Å²) in [5.41, 5.74) is -1.55. The summed E-state index contributed by atoms with van der Waals surface area (Å²) in [5.74, 6) is -0.960. The summed E-state index contributed by atoms with van der Waals surface area (Å²) in [6.45, 7) is 0. The molecule has 0 aliphatic carbocycles. The highest BCUT2D eigenvalue weighted by Gasteiger charge is 2.42. The molecular weight excluding hydrogens is 221 g/mol. The highest BCUT2D eigenvalue weighted by atomic mass is 19.4. The molecule has 1 heterocycles. The van der Waals surface area contributed by atoms with Crippen LogP contribution in [0.1, 0.15) is 5.56 Å². The lowest BCUT2D eigenvalue weighted by Crippen LogP contribution is -2.11. The van der Waals surface area contributed by atoms with Gasteiger partial charge in [0.05, 0.1) is 5.57 Å². The SMILES string of the molecule is O=C1N=NC(C(F)(F)F)=C1c1ccccc1. The molecule has 16 heavy (non-hydrogen) atoms. The third-order valence-corrected chi connectivity index (χ3v) is 2.02. The highest BCUT2D eigenvalue weighted by molar-refractivity contribution is 6.22. The van der Waals surface area contributed by atoms with Crippen LogP contribution in [0, 0.1) is 0 Å². The van der Waals surface area contributed by atoms with Crippen LogP contribution in [0.5, 0.6) is 0 Å². The van der Waals surface area contributed by atoms with Gasteiger partial charge in [-0.3, -0.25) is 4.79 Å². The molecule has 6 heteroatoms. The van der Waals surface area contributed by atoms with E-state index in [4.69, 9.17) is 0 Å². The maximum absolute atomic E-state index is 12.5. The number of hydrogen-bond donors (Lipinski definition) is 0. The predicted octanol–water partition coefficient (Wildman–Crippen LogP) is 2.95. The second-order valence-corrected chi connectivity index (χ2v) is 3.09. The number of hydrogen-bond acceptors (Lipinski definition) is 2. The smallest absolute Gasteiger partial charge is 0.265 e. The monoisotopic (exact) mass is 226 g/mol. The number of carbonyl (C=O) groups is 1. The third kappa shape index (κ3) is 1.73. The molecule has 0 saturated heterocycles. The molecule has 0 N–H and O–H groups in total. The van der Waals surface area contributed by atoms with Crippen molar-refractivity contribution in [2.75, 3.05) is 0 Å². The molecule has 0 aromatic heterocycles. The minimum absolute atomic E-state index is 0.171. The van der Waals surface area contributed by atoms with Crippen molar-refractivity contribution >= 4 is 11.5 Å². The molecule has 82 valence electrons. The maximum Gasteiger partial charge on any atom is 0.436 e. The van der Waals surface area contributed by atoms with Crippen molar-refractivity contribution in [3.63, 3.8) is 0 Å². The van der Waals surface area contributed by atoms with E-state index in [-0.39, 0.29) is 5.56 Å². The molecule has 0 bridgehead atoms. The number of alkyl halides is 3. The Morgan fingerprint density at radius 2 is 1.62 bits per heavy atom. The van der Waals surface area contributed by atoms with Crippen molar-refractivity contribution in [1.29, 1.82) is 0 Å². The van der Waals surface area contributed by atoms with Crippen molar-refractivity contribution < 1.29 is 18.0 Å². The summed E-state index contributed by atoms with van der Waals surface area (Å²) in [4.78, 5) is 11.2. The first kappa shape index (κ1) is 10.5. The minimum atomic E-state index is -4.67. The summed E-state index contributed by atoms with van der Waals surface area (Å²) in [6.07, 6.45) is -4.67. The Kier molecular flexibility index (Phi) is 2.34. The van der Waals surface area contributed by atoms with E-state index < -0.39 is 23.4 Å². The number of benzene rings is 1. The summed E-state index contributed by atoms with van der Waals surface area (Å²) in [5, 5.41) is 5.81. The number of azo groups is 1. The molecule has 1 aromatic carbocycles. The first-order valence-electron chi connectivity index (χ1n) is 4.33. The van der Waals surface area contributed by atoms with E-state index in [0.29, 0.717) is 0 Å². The number of halogens is 3. The normalized spacial score (nSPS) is 16.1. The van der Waals surface area contributed by atoms with Crippen LogP contribution in [0.15, 0.2) is 46.3 Å². The van der Waals surface area contributed by atoms with Crippen LogP contribution >= 0.6 is 0 Å². The molecule has 0 radical (unpaired) electrons. The fourth-order valence-electron chi connectivity index (χ4n) is 1.36. The molecule has 3 nitrogen and oxygen atoms in total. The second kappa shape index (κ2) is 3.55. The number of rotatable bonds is 1. The average Bonchev–Trinajstić information content (AvgIpc) is 2.61. The Morgan fingerprint density at radius 1 is 1.00 bits per heavy atom. The number of amides is 1. The number of nitrogens with zero attached hydrogens (tertiary/aromatic N) is 2. The maximum atomic E-state index is 12.5. The van der Waals surface area contributed by atoms with Crippen molar-refractivity contribution in [3.05, 3.63) is 41.6 Å². The lowest BCUT2D eigenvalue weighted by molar-refractivity contribution is -0.113. The summed E-state index contributed by atoms with van der Waals surface area (Å²) >= 11 is 0. The van der Waals surface area contributed by atoms with Crippen LogP contribution in [-0.4, -0.2) is 12.1 Å². The van der Waals surface area contributed by atoms with Crippen molar-refractivity contribution in [2.45, 2.75) is 6.18 Å². The van der Waals surface area contributed by atoms with E-state index in [2.05, 4.69) is 10.2 Å². The molecule has 1 aromatic rings. The quantitative estimate of drug-likeness (QED) is 0.725. The molecule has 1 aliphatic heterocycles. The van der Waals surface area contributed by atoms with Crippen LogP contribution in [0.4, 0.5) is 13.2 Å². The van der Waals surface area contributed by atoms with Crippen molar-refractivity contribution in [1.82, 2.24) is 0 Å². The van der Waals surface area contributed by atoms with Gasteiger partial charge in [-0.1, -0.05) is 30.3 Å². The van der Waals surface area contributed by atoms with Gasteiger partial charge in [-0.25, -0.2) is 0 Å². The highest BCUT2D eigenvalue weighted by Crippen LogP contribution is 2.37. The zero-order valence-corrected chi connectivity index (χ0v) is 7.82. The predicted molar refractivity (Wildman–Crippen MR) is 49.3 cm³/mol. The van der Waals surface area contributed by atoms with Gasteiger partial charge in [0.25, 0.3) is 5.91 Å². The molecule has 0 unspecified atom stereocenters. The zero-order valence-electron chi connectivity index (χ0n) is 7.82. The molecule has 2 rings (SSSR count). The Labute approximate surface area is 88.3 Å². The second-order valence-electron chi connectivity index (χ2n) is 3.09. The van der Waals surface area contributed by atoms with Crippen LogP contribution in [0.3, 0.4) is 0 Å². The number of allylic oxidation sites excluding steroid dienone is 1. The van der Waals surface area contributed by atoms with E-state index in [1.165, 1.54) is 12.1 Å². The van der Waals surface area contributed by atoms with Crippen LogP contribution in [-0.2, 0) is 4.79 Å². The van der Waals surface area contributed by atoms with Gasteiger partial charge >= 0.3 is 6.18 Å². The third-order valence-electron chi connectivity index (χ3n) is 2.02. The first-order valence-corrected chi connectivity index (χ1v) is 4.33. The fraction of sp³-hybridized carbons (Fsp3) is 0.100. The van der Waals surface area contributed by atoms with Crippen molar-refractivity contribution in [2.24, 2.45) is 10.2 Å². The van der Waals surface area contributed by atoms with Gasteiger partial charge in [0, 0.05) is 0 Å². The van der Waals surface area contributed by atoms with Gasteiger partial charge in [0.15, 0.2) is 5.70 Å². The van der Waals surface area contributed by atoms with Gasteiger partial charge in [-0.15, -0.1) is 10.2 Å². The average molecular weight is 226 g/mol. The van der Waals surface area contributed by atoms with E-state index in [9.17, 15) is 18.0 Å². The van der Waals surface area contributed by atoms with Gasteiger partial charge in [0.1, 0.15) is 0 Å². The lowest BCUT2D eigenvalue weighted by Gasteiger charge is -2.06. The first-order chi connectivity index (χ1) is 7.50. The van der Waals surface area contributed by atoms with Gasteiger partial charge in [0.2, 0.25) is 0 Å². The minimum Gasteiger partial charge on any atom is -0.265 e. The van der Waals surface area contributed by atoms with Gasteiger partial charge in [-0.2, -0.15) is 13.2 Å². The van der Waals surface area contributed by atoms with Crippen molar-refractivity contribution in [3.8, 4) is 0 Å². The summed E-state index contributed by atoms with van der Waals surface area (Å²) < 4.78 is 37.5. The standard InChI is InChI=1S/C10H5F3N2O/c11-10(12,13)8-7(9(16)15-14-8)6-4-2-1-3-5-6/h1-5H. The molecule has 0 spiro atoms.